The van der Waals surface area contributed by atoms with Gasteiger partial charge in [0.15, 0.2) is 5.96 Å². The van der Waals surface area contributed by atoms with Gasteiger partial charge in [0.1, 0.15) is 6.04 Å². The summed E-state index contributed by atoms with van der Waals surface area (Å²) < 4.78 is 0. The van der Waals surface area contributed by atoms with Gasteiger partial charge < -0.3 is 27.3 Å². The number of aliphatic carboxylic acids is 1. The summed E-state index contributed by atoms with van der Waals surface area (Å²) in [5, 5.41) is 8.31. The second kappa shape index (κ2) is 72.2. The van der Waals surface area contributed by atoms with Gasteiger partial charge >= 0.3 is 5.97 Å². The first-order chi connectivity index (χ1) is 32.8. The first-order valence-corrected chi connectivity index (χ1v) is 30.0. The minimum absolute atomic E-state index is 0.203. The van der Waals surface area contributed by atoms with Gasteiger partial charge in [-0.1, -0.05) is 290 Å². The third-order valence-electron chi connectivity index (χ3n) is 10.3. The van der Waals surface area contributed by atoms with E-state index in [2.05, 4.69) is 189 Å². The molecule has 1 heterocycles. The Balaban J connectivity index is -0.0000000869. The Hall–Kier alpha value is -2.02. The summed E-state index contributed by atoms with van der Waals surface area (Å²) in [6.07, 6.45) is 26.3. The molecule has 436 valence electrons. The molecule has 0 amide bonds. The van der Waals surface area contributed by atoms with Gasteiger partial charge in [0.2, 0.25) is 0 Å². The number of carboxylic acid groups (broad SMARTS) is 1. The topological polar surface area (TPSA) is 144 Å². The van der Waals surface area contributed by atoms with E-state index in [4.69, 9.17) is 22.3 Å². The monoisotopic (exact) mass is 1010 g/mol. The molecular formula is C64H143N5O2. The molecule has 71 heavy (non-hydrogen) atoms. The van der Waals surface area contributed by atoms with Crippen molar-refractivity contribution in [2.45, 2.75) is 315 Å². The van der Waals surface area contributed by atoms with Crippen LogP contribution in [0.1, 0.15) is 308 Å². The number of carbonyl (C=O) groups is 1. The summed E-state index contributed by atoms with van der Waals surface area (Å²) in [4.78, 5) is 17.2. The Morgan fingerprint density at radius 1 is 0.479 bits per heavy atom. The number of H-pyrrole nitrogens is 1. The van der Waals surface area contributed by atoms with E-state index in [1.807, 2.05) is 26.1 Å². The first-order valence-electron chi connectivity index (χ1n) is 30.0. The average molecular weight is 1010 g/mol. The zero-order valence-electron chi connectivity index (χ0n) is 54.3. The number of carboxylic acids is 1. The van der Waals surface area contributed by atoms with Crippen molar-refractivity contribution < 1.29 is 9.90 Å². The highest BCUT2D eigenvalue weighted by molar-refractivity contribution is 5.75. The zero-order chi connectivity index (χ0) is 57.8. The largest absolute Gasteiger partial charge is 0.480 e. The number of aromatic amines is 1. The molecule has 0 saturated heterocycles. The van der Waals surface area contributed by atoms with E-state index in [0.29, 0.717) is 12.3 Å². The lowest BCUT2D eigenvalue weighted by molar-refractivity contribution is -0.138. The maximum Gasteiger partial charge on any atom is 0.320 e. The number of guanidine groups is 1. The van der Waals surface area contributed by atoms with Crippen molar-refractivity contribution in [3.05, 3.63) is 24.0 Å². The quantitative estimate of drug-likeness (QED) is 0.0398. The summed E-state index contributed by atoms with van der Waals surface area (Å²) in [5.74, 6) is 7.45. The van der Waals surface area contributed by atoms with Crippen molar-refractivity contribution in [1.29, 1.82) is 0 Å². The number of nitrogens with one attached hydrogen (secondary N) is 1. The lowest BCUT2D eigenvalue weighted by Gasteiger charge is -2.07. The van der Waals surface area contributed by atoms with Crippen LogP contribution in [-0.4, -0.2) is 34.6 Å². The maximum atomic E-state index is 10.1. The van der Waals surface area contributed by atoms with Gasteiger partial charge in [0.05, 0.1) is 0 Å². The molecule has 7 nitrogen and oxygen atoms in total. The van der Waals surface area contributed by atoms with Gasteiger partial charge in [-0.15, -0.1) is 0 Å². The molecule has 0 aliphatic heterocycles. The van der Waals surface area contributed by atoms with Gasteiger partial charge in [-0.25, -0.2) is 0 Å². The molecule has 0 fully saturated rings. The molecule has 0 saturated carbocycles. The molecule has 1 atom stereocenters. The first kappa shape index (κ1) is 88.6. The van der Waals surface area contributed by atoms with Gasteiger partial charge in [-0.05, 0) is 90.6 Å². The predicted molar refractivity (Wildman–Crippen MR) is 332 cm³/mol. The minimum Gasteiger partial charge on any atom is -0.480 e. The van der Waals surface area contributed by atoms with E-state index in [9.17, 15) is 4.79 Å². The van der Waals surface area contributed by atoms with Crippen LogP contribution in [0.3, 0.4) is 0 Å². The van der Waals surface area contributed by atoms with Crippen LogP contribution in [-0.2, 0) is 11.2 Å². The van der Waals surface area contributed by atoms with E-state index in [-0.39, 0.29) is 5.96 Å². The van der Waals surface area contributed by atoms with Gasteiger partial charge in [0.25, 0.3) is 0 Å². The van der Waals surface area contributed by atoms with Crippen molar-refractivity contribution in [3.8, 4) is 0 Å². The number of aliphatic imine (C=N–C) groups is 1. The number of nitrogens with zero attached hydrogens (tertiary/aromatic N) is 1. The van der Waals surface area contributed by atoms with Gasteiger partial charge in [-0.3, -0.25) is 9.79 Å². The number of rotatable bonds is 24. The SMILES string of the molecule is CC(C)CC(N)C(=O)O.CC(C)CCCCN=C(N)N.CC(C)Cc1ccc[nH]1.CCC(C)C.CCC(C)C.CCCC(C)C.CCCC(C)C.CCCC(C)C.CCCC(C)C.CCCCCC(C)C. The van der Waals surface area contributed by atoms with Crippen LogP contribution in [0.4, 0.5) is 0 Å². The molecule has 1 aromatic rings. The molecular weight excluding hydrogens is 871 g/mol. The Morgan fingerprint density at radius 2 is 0.803 bits per heavy atom. The van der Waals surface area contributed by atoms with E-state index < -0.39 is 12.0 Å². The van der Waals surface area contributed by atoms with Crippen molar-refractivity contribution in [2.24, 2.45) is 81.4 Å². The van der Waals surface area contributed by atoms with Crippen molar-refractivity contribution in [2.75, 3.05) is 6.54 Å². The van der Waals surface area contributed by atoms with Crippen LogP contribution in [0.5, 0.6) is 0 Å². The molecule has 0 radical (unpaired) electrons. The molecule has 0 aromatic carbocycles. The summed E-state index contributed by atoms with van der Waals surface area (Å²) in [7, 11) is 0. The second-order valence-corrected chi connectivity index (χ2v) is 23.8. The van der Waals surface area contributed by atoms with E-state index in [1.165, 1.54) is 108 Å². The molecule has 1 aromatic heterocycles. The number of aromatic nitrogens is 1. The van der Waals surface area contributed by atoms with Crippen molar-refractivity contribution in [1.82, 2.24) is 4.98 Å². The van der Waals surface area contributed by atoms with Crippen LogP contribution in [0.25, 0.3) is 0 Å². The fourth-order valence-electron chi connectivity index (χ4n) is 5.53. The normalized spacial score (nSPS) is 10.6. The van der Waals surface area contributed by atoms with Gasteiger partial charge in [-0.2, -0.15) is 0 Å². The summed E-state index contributed by atoms with van der Waals surface area (Å²) in [6, 6.07) is 3.47. The fourth-order valence-corrected chi connectivity index (χ4v) is 5.53. The highest BCUT2D eigenvalue weighted by Gasteiger charge is 2.12. The smallest absolute Gasteiger partial charge is 0.320 e. The highest BCUT2D eigenvalue weighted by Crippen LogP contribution is 2.08. The van der Waals surface area contributed by atoms with E-state index in [1.54, 1.807) is 0 Å². The molecule has 0 bridgehead atoms. The Labute approximate surface area is 451 Å². The number of hydrogen-bond acceptors (Lipinski definition) is 3. The van der Waals surface area contributed by atoms with Crippen LogP contribution in [0, 0.1) is 59.2 Å². The fraction of sp³-hybridized carbons (Fsp3) is 0.906. The van der Waals surface area contributed by atoms with Crippen LogP contribution < -0.4 is 17.2 Å². The Morgan fingerprint density at radius 3 is 0.972 bits per heavy atom. The standard InChI is InChI=1S/C8H19N3.C8H13N.C8H18.C6H13NO2.4C6H14.2C5H12/c1-7(2)5-3-4-6-11-8(9)10;1-7(2)6-8-4-3-5-9-8;1-4-5-6-7-8(2)3;1-4(2)3-5(7)6(8)9;4*1-4-5-6(2)3;2*1-4-5(2)3/h7H,3-6H2,1-2H3,(H4,9,10,11);3-5,7,9H,6H2,1-2H3;8H,4-7H2,1-3H3;4-5H,3,7H2,1-2H3,(H,8,9);4*6H,4-5H2,1-3H3;2*5H,4H2,1-3H3. The molecule has 7 heteroatoms. The lowest BCUT2D eigenvalue weighted by atomic mass is 10.1. The summed E-state index contributed by atoms with van der Waals surface area (Å²) in [5.41, 5.74) is 16.9. The number of unbranched alkanes of at least 4 members (excludes halogenated alkanes) is 3. The molecule has 0 aliphatic rings. The average Bonchev–Trinajstić information content (AvgIpc) is 3.74. The van der Waals surface area contributed by atoms with E-state index >= 15 is 0 Å². The molecule has 1 unspecified atom stereocenters. The van der Waals surface area contributed by atoms with Crippen LogP contribution in [0.15, 0.2) is 23.3 Å². The number of hydrogen-bond donors (Lipinski definition) is 5. The third-order valence-corrected chi connectivity index (χ3v) is 10.3. The Kier molecular flexibility index (Phi) is 90.1. The van der Waals surface area contributed by atoms with Crippen LogP contribution in [0.2, 0.25) is 0 Å². The van der Waals surface area contributed by atoms with Crippen LogP contribution >= 0.6 is 0 Å². The minimum atomic E-state index is -0.913. The van der Waals surface area contributed by atoms with E-state index in [0.717, 1.165) is 72.6 Å². The molecule has 0 spiro atoms. The maximum absolute atomic E-state index is 10.1. The zero-order valence-corrected chi connectivity index (χ0v) is 54.3. The number of nitrogens with two attached hydrogens (primary N) is 3. The summed E-state index contributed by atoms with van der Waals surface area (Å²) >= 11 is 0. The van der Waals surface area contributed by atoms with Crippen molar-refractivity contribution in [3.63, 3.8) is 0 Å². The van der Waals surface area contributed by atoms with Crippen molar-refractivity contribution >= 4 is 11.9 Å². The third kappa shape index (κ3) is 140. The highest BCUT2D eigenvalue weighted by atomic mass is 16.4. The Bertz CT molecular complexity index is 991. The summed E-state index contributed by atoms with van der Waals surface area (Å²) in [6.45, 7) is 60.6. The van der Waals surface area contributed by atoms with Gasteiger partial charge in [0, 0.05) is 18.4 Å². The molecule has 0 aliphatic carbocycles. The molecule has 1 rings (SSSR count). The predicted octanol–water partition coefficient (Wildman–Crippen LogP) is 20.8. The lowest BCUT2D eigenvalue weighted by Crippen LogP contribution is -2.31. The molecule has 8 N–H and O–H groups in total. The second-order valence-electron chi connectivity index (χ2n) is 23.8.